The van der Waals surface area contributed by atoms with Crippen molar-refractivity contribution in [1.29, 1.82) is 5.26 Å². The number of anilines is 1. The molecular formula is C13H12N2S. The van der Waals surface area contributed by atoms with Gasteiger partial charge < -0.3 is 5.32 Å². The SMILES string of the molecule is N#CCc1ccc(NCc2ccsc2)cc1. The summed E-state index contributed by atoms with van der Waals surface area (Å²) in [5.74, 6) is 0. The average Bonchev–Trinajstić information content (AvgIpc) is 2.82. The molecule has 0 saturated heterocycles. The van der Waals surface area contributed by atoms with Gasteiger partial charge in [0.15, 0.2) is 0 Å². The van der Waals surface area contributed by atoms with Crippen LogP contribution in [0.25, 0.3) is 0 Å². The van der Waals surface area contributed by atoms with E-state index in [2.05, 4.69) is 28.2 Å². The second-order valence-corrected chi connectivity index (χ2v) is 4.30. The highest BCUT2D eigenvalue weighted by molar-refractivity contribution is 7.07. The lowest BCUT2D eigenvalue weighted by molar-refractivity contribution is 1.16. The standard InChI is InChI=1S/C13H12N2S/c14-7-5-11-1-3-13(4-2-11)15-9-12-6-8-16-10-12/h1-4,6,8,10,15H,5,9H2. The van der Waals surface area contributed by atoms with Crippen LogP contribution in [0, 0.1) is 11.3 Å². The zero-order valence-corrected chi connectivity index (χ0v) is 9.63. The Balaban J connectivity index is 1.93. The molecule has 0 amide bonds. The molecule has 0 spiro atoms. The van der Waals surface area contributed by atoms with E-state index in [1.54, 1.807) is 11.3 Å². The molecule has 0 fully saturated rings. The fourth-order valence-electron chi connectivity index (χ4n) is 1.43. The lowest BCUT2D eigenvalue weighted by Crippen LogP contribution is -1.97. The molecule has 0 aliphatic carbocycles. The Bertz CT molecular complexity index is 466. The number of benzene rings is 1. The van der Waals surface area contributed by atoms with Gasteiger partial charge in [-0.1, -0.05) is 12.1 Å². The number of rotatable bonds is 4. The van der Waals surface area contributed by atoms with Crippen molar-refractivity contribution in [2.45, 2.75) is 13.0 Å². The summed E-state index contributed by atoms with van der Waals surface area (Å²) in [5, 5.41) is 16.1. The normalized spacial score (nSPS) is 9.69. The van der Waals surface area contributed by atoms with E-state index in [0.717, 1.165) is 17.8 Å². The van der Waals surface area contributed by atoms with Crippen molar-refractivity contribution in [3.8, 4) is 6.07 Å². The van der Waals surface area contributed by atoms with Gasteiger partial charge in [0.25, 0.3) is 0 Å². The van der Waals surface area contributed by atoms with Crippen LogP contribution in [-0.4, -0.2) is 0 Å². The van der Waals surface area contributed by atoms with Crippen LogP contribution in [0.2, 0.25) is 0 Å². The average molecular weight is 228 g/mol. The predicted octanol–water partition coefficient (Wildman–Crippen LogP) is 3.43. The van der Waals surface area contributed by atoms with Crippen LogP contribution in [0.5, 0.6) is 0 Å². The third-order valence-electron chi connectivity index (χ3n) is 2.31. The molecule has 0 aliphatic rings. The van der Waals surface area contributed by atoms with Gasteiger partial charge in [-0.05, 0) is 40.1 Å². The summed E-state index contributed by atoms with van der Waals surface area (Å²) in [4.78, 5) is 0. The molecular weight excluding hydrogens is 216 g/mol. The molecule has 0 saturated carbocycles. The van der Waals surface area contributed by atoms with Crippen molar-refractivity contribution in [3.63, 3.8) is 0 Å². The van der Waals surface area contributed by atoms with Crippen LogP contribution in [0.1, 0.15) is 11.1 Å². The summed E-state index contributed by atoms with van der Waals surface area (Å²) in [6.45, 7) is 0.848. The third kappa shape index (κ3) is 2.85. The molecule has 0 bridgehead atoms. The lowest BCUT2D eigenvalue weighted by Gasteiger charge is -2.05. The Kier molecular flexibility index (Phi) is 3.58. The molecule has 2 nitrogen and oxygen atoms in total. The molecule has 1 N–H and O–H groups in total. The first kappa shape index (κ1) is 10.7. The number of nitrogens with zero attached hydrogens (tertiary/aromatic N) is 1. The monoisotopic (exact) mass is 228 g/mol. The molecule has 1 aromatic heterocycles. The van der Waals surface area contributed by atoms with Gasteiger partial charge in [0.2, 0.25) is 0 Å². The smallest absolute Gasteiger partial charge is 0.0669 e. The van der Waals surface area contributed by atoms with E-state index in [9.17, 15) is 0 Å². The summed E-state index contributed by atoms with van der Waals surface area (Å²) in [6.07, 6.45) is 0.477. The fourth-order valence-corrected chi connectivity index (χ4v) is 2.10. The van der Waals surface area contributed by atoms with E-state index in [1.807, 2.05) is 24.3 Å². The molecule has 80 valence electrons. The molecule has 0 aliphatic heterocycles. The lowest BCUT2D eigenvalue weighted by atomic mass is 10.1. The highest BCUT2D eigenvalue weighted by atomic mass is 32.1. The van der Waals surface area contributed by atoms with E-state index in [-0.39, 0.29) is 0 Å². The van der Waals surface area contributed by atoms with Crippen LogP contribution in [0.4, 0.5) is 5.69 Å². The fraction of sp³-hybridized carbons (Fsp3) is 0.154. The van der Waals surface area contributed by atoms with Crippen molar-refractivity contribution >= 4 is 17.0 Å². The summed E-state index contributed by atoms with van der Waals surface area (Å²) >= 11 is 1.71. The van der Waals surface area contributed by atoms with E-state index >= 15 is 0 Å². The van der Waals surface area contributed by atoms with E-state index in [1.165, 1.54) is 5.56 Å². The summed E-state index contributed by atoms with van der Waals surface area (Å²) in [5.41, 5.74) is 3.45. The molecule has 0 unspecified atom stereocenters. The van der Waals surface area contributed by atoms with Crippen molar-refractivity contribution < 1.29 is 0 Å². The van der Waals surface area contributed by atoms with Crippen LogP contribution >= 0.6 is 11.3 Å². The maximum Gasteiger partial charge on any atom is 0.0669 e. The first-order chi connectivity index (χ1) is 7.88. The molecule has 2 rings (SSSR count). The summed E-state index contributed by atoms with van der Waals surface area (Å²) in [6, 6.07) is 12.2. The Hall–Kier alpha value is -1.79. The molecule has 16 heavy (non-hydrogen) atoms. The van der Waals surface area contributed by atoms with Crippen LogP contribution in [0.3, 0.4) is 0 Å². The molecule has 0 radical (unpaired) electrons. The zero-order valence-electron chi connectivity index (χ0n) is 8.81. The number of thiophene rings is 1. The van der Waals surface area contributed by atoms with E-state index in [4.69, 9.17) is 5.26 Å². The van der Waals surface area contributed by atoms with E-state index in [0.29, 0.717) is 6.42 Å². The maximum absolute atomic E-state index is 8.55. The van der Waals surface area contributed by atoms with Crippen molar-refractivity contribution in [2.24, 2.45) is 0 Å². The highest BCUT2D eigenvalue weighted by Gasteiger charge is 1.95. The molecule has 2 aromatic rings. The summed E-state index contributed by atoms with van der Waals surface area (Å²) in [7, 11) is 0. The minimum absolute atomic E-state index is 0.477. The predicted molar refractivity (Wildman–Crippen MR) is 67.4 cm³/mol. The Morgan fingerprint density at radius 1 is 1.12 bits per heavy atom. The van der Waals surface area contributed by atoms with Gasteiger partial charge in [-0.3, -0.25) is 0 Å². The Labute approximate surface area is 99.2 Å². The largest absolute Gasteiger partial charge is 0.381 e. The second kappa shape index (κ2) is 5.34. The number of hydrogen-bond acceptors (Lipinski definition) is 3. The first-order valence-electron chi connectivity index (χ1n) is 5.09. The van der Waals surface area contributed by atoms with Crippen LogP contribution in [-0.2, 0) is 13.0 Å². The minimum Gasteiger partial charge on any atom is -0.381 e. The minimum atomic E-state index is 0.477. The molecule has 1 heterocycles. The third-order valence-corrected chi connectivity index (χ3v) is 3.05. The Morgan fingerprint density at radius 3 is 2.56 bits per heavy atom. The van der Waals surface area contributed by atoms with Gasteiger partial charge in [0, 0.05) is 12.2 Å². The second-order valence-electron chi connectivity index (χ2n) is 3.52. The van der Waals surface area contributed by atoms with Crippen molar-refractivity contribution in [3.05, 3.63) is 52.2 Å². The highest BCUT2D eigenvalue weighted by Crippen LogP contribution is 2.12. The van der Waals surface area contributed by atoms with Gasteiger partial charge in [-0.15, -0.1) is 0 Å². The topological polar surface area (TPSA) is 35.8 Å². The van der Waals surface area contributed by atoms with Gasteiger partial charge in [-0.25, -0.2) is 0 Å². The molecule has 0 atom stereocenters. The van der Waals surface area contributed by atoms with Gasteiger partial charge in [0.1, 0.15) is 0 Å². The van der Waals surface area contributed by atoms with Crippen molar-refractivity contribution in [1.82, 2.24) is 0 Å². The van der Waals surface area contributed by atoms with Crippen LogP contribution < -0.4 is 5.32 Å². The van der Waals surface area contributed by atoms with Gasteiger partial charge >= 0.3 is 0 Å². The number of nitrogens with one attached hydrogen (secondary N) is 1. The van der Waals surface area contributed by atoms with Gasteiger partial charge in [0.05, 0.1) is 12.5 Å². The van der Waals surface area contributed by atoms with Crippen molar-refractivity contribution in [2.75, 3.05) is 5.32 Å². The number of nitriles is 1. The first-order valence-corrected chi connectivity index (χ1v) is 6.03. The van der Waals surface area contributed by atoms with E-state index < -0.39 is 0 Å². The van der Waals surface area contributed by atoms with Gasteiger partial charge in [-0.2, -0.15) is 16.6 Å². The zero-order chi connectivity index (χ0) is 11.2. The molecule has 3 heteroatoms. The van der Waals surface area contributed by atoms with Crippen LogP contribution in [0.15, 0.2) is 41.1 Å². The quantitative estimate of drug-likeness (QED) is 0.870. The molecule has 1 aromatic carbocycles. The Morgan fingerprint density at radius 2 is 1.94 bits per heavy atom. The summed E-state index contributed by atoms with van der Waals surface area (Å²) < 4.78 is 0. The number of hydrogen-bond donors (Lipinski definition) is 1. The maximum atomic E-state index is 8.55.